The van der Waals surface area contributed by atoms with Gasteiger partial charge in [-0.15, -0.1) is 0 Å². The van der Waals surface area contributed by atoms with Crippen molar-refractivity contribution in [2.45, 2.75) is 46.8 Å². The van der Waals surface area contributed by atoms with Gasteiger partial charge < -0.3 is 14.8 Å². The molecule has 2 N–H and O–H groups in total. The minimum atomic E-state index is -0.830. The number of halogens is 3. The Balaban J connectivity index is 2.13. The number of benzene rings is 2. The average molecular weight is 573 g/mol. The maximum Gasteiger partial charge on any atom is 0.262 e. The van der Waals surface area contributed by atoms with Gasteiger partial charge in [0.15, 0.2) is 11.5 Å². The van der Waals surface area contributed by atoms with E-state index in [9.17, 15) is 9.59 Å². The second-order valence-electron chi connectivity index (χ2n) is 7.98. The fourth-order valence-electron chi connectivity index (χ4n) is 2.94. The van der Waals surface area contributed by atoms with Crippen LogP contribution in [0.25, 0.3) is 0 Å². The Kier molecular flexibility index (Phi) is 10.7. The molecule has 1 atom stereocenters. The molecule has 0 saturated heterocycles. The highest BCUT2D eigenvalue weighted by molar-refractivity contribution is 9.10. The number of hydrogen-bond donors (Lipinski definition) is 2. The number of amides is 2. The molecule has 0 aliphatic heterocycles. The van der Waals surface area contributed by atoms with E-state index in [0.717, 1.165) is 0 Å². The lowest BCUT2D eigenvalue weighted by Crippen LogP contribution is -2.48. The third kappa shape index (κ3) is 7.89. The summed E-state index contributed by atoms with van der Waals surface area (Å²) in [5.74, 6) is 0.0162. The minimum absolute atomic E-state index is 0.0276. The molecule has 0 spiro atoms. The number of nitrogens with one attached hydrogen (secondary N) is 2. The van der Waals surface area contributed by atoms with Gasteiger partial charge in [0, 0.05) is 5.02 Å². The van der Waals surface area contributed by atoms with Gasteiger partial charge in [-0.25, -0.2) is 5.43 Å². The fourth-order valence-corrected chi connectivity index (χ4v) is 3.99. The van der Waals surface area contributed by atoms with E-state index in [4.69, 9.17) is 32.7 Å². The van der Waals surface area contributed by atoms with Crippen LogP contribution in [0.4, 0.5) is 0 Å². The molecule has 0 fully saturated rings. The first-order valence-electron chi connectivity index (χ1n) is 10.7. The number of nitrogens with zero attached hydrogens (tertiary/aromatic N) is 1. The van der Waals surface area contributed by atoms with Gasteiger partial charge >= 0.3 is 0 Å². The van der Waals surface area contributed by atoms with Gasteiger partial charge in [-0.3, -0.25) is 9.59 Å². The predicted octanol–water partition coefficient (Wildman–Crippen LogP) is 5.85. The molecular weight excluding hydrogens is 545 g/mol. The molecule has 2 aromatic rings. The van der Waals surface area contributed by atoms with Gasteiger partial charge in [-0.2, -0.15) is 5.10 Å². The average Bonchev–Trinajstić information content (AvgIpc) is 2.74. The smallest absolute Gasteiger partial charge is 0.262 e. The van der Waals surface area contributed by atoms with Crippen LogP contribution in [0.15, 0.2) is 39.9 Å². The minimum Gasteiger partial charge on any atom is -0.490 e. The van der Waals surface area contributed by atoms with Crippen LogP contribution in [0.5, 0.6) is 11.5 Å². The summed E-state index contributed by atoms with van der Waals surface area (Å²) in [6, 6.07) is 7.28. The third-order valence-corrected chi connectivity index (χ3v) is 5.62. The van der Waals surface area contributed by atoms with Crippen molar-refractivity contribution in [1.82, 2.24) is 10.7 Å². The molecule has 0 heterocycles. The Morgan fingerprint density at radius 1 is 1.15 bits per heavy atom. The van der Waals surface area contributed by atoms with Crippen LogP contribution in [0.3, 0.4) is 0 Å². The van der Waals surface area contributed by atoms with E-state index >= 15 is 0 Å². The molecule has 34 heavy (non-hydrogen) atoms. The number of hydrazone groups is 1. The monoisotopic (exact) mass is 571 g/mol. The van der Waals surface area contributed by atoms with E-state index in [1.54, 1.807) is 18.2 Å². The van der Waals surface area contributed by atoms with E-state index in [0.29, 0.717) is 33.2 Å². The lowest BCUT2D eigenvalue weighted by molar-refractivity contribution is -0.123. The molecule has 2 amide bonds. The van der Waals surface area contributed by atoms with Crippen molar-refractivity contribution < 1.29 is 19.1 Å². The lowest BCUT2D eigenvalue weighted by Gasteiger charge is -2.20. The van der Waals surface area contributed by atoms with Crippen LogP contribution in [0.2, 0.25) is 10.0 Å². The number of carbonyl (C=O) groups excluding carboxylic acids is 2. The molecule has 0 radical (unpaired) electrons. The molecular formula is C24H28BrCl2N3O4. The Hall–Kier alpha value is -2.29. The van der Waals surface area contributed by atoms with Crippen molar-refractivity contribution in [1.29, 1.82) is 0 Å². The van der Waals surface area contributed by atoms with Crippen LogP contribution in [-0.2, 0) is 4.79 Å². The van der Waals surface area contributed by atoms with Crippen molar-refractivity contribution in [2.24, 2.45) is 11.0 Å². The van der Waals surface area contributed by atoms with Crippen molar-refractivity contribution in [3.05, 3.63) is 56.0 Å². The standard InChI is InChI=1S/C24H28BrCl2N3O4/c1-6-33-20-10-15(9-18(25)22(20)34-14(4)5)12-28-30-24(32)21(13(2)3)29-23(31)17-8-7-16(26)11-19(17)27/h7-14,21H,6H2,1-5H3,(H,29,31)(H,30,32). The highest BCUT2D eigenvalue weighted by Crippen LogP contribution is 2.37. The topological polar surface area (TPSA) is 89.0 Å². The summed E-state index contributed by atoms with van der Waals surface area (Å²) in [5, 5.41) is 7.37. The Morgan fingerprint density at radius 2 is 1.85 bits per heavy atom. The summed E-state index contributed by atoms with van der Waals surface area (Å²) in [6.45, 7) is 9.83. The van der Waals surface area contributed by atoms with Crippen molar-refractivity contribution in [2.75, 3.05) is 6.61 Å². The molecule has 2 rings (SSSR count). The first-order chi connectivity index (χ1) is 16.0. The summed E-state index contributed by atoms with van der Waals surface area (Å²) < 4.78 is 12.2. The number of rotatable bonds is 10. The molecule has 10 heteroatoms. The second kappa shape index (κ2) is 13.0. The Bertz CT molecular complexity index is 1060. The quantitative estimate of drug-likeness (QED) is 0.276. The van der Waals surface area contributed by atoms with Crippen molar-refractivity contribution in [3.8, 4) is 11.5 Å². The number of carbonyl (C=O) groups is 2. The Morgan fingerprint density at radius 3 is 2.44 bits per heavy atom. The maximum absolute atomic E-state index is 12.7. The summed E-state index contributed by atoms with van der Waals surface area (Å²) in [4.78, 5) is 25.4. The zero-order valence-corrected chi connectivity index (χ0v) is 22.7. The van der Waals surface area contributed by atoms with E-state index in [-0.39, 0.29) is 22.6 Å². The first-order valence-corrected chi connectivity index (χ1v) is 12.3. The predicted molar refractivity (Wildman–Crippen MR) is 139 cm³/mol. The van der Waals surface area contributed by atoms with Crippen LogP contribution in [-0.4, -0.2) is 36.8 Å². The van der Waals surface area contributed by atoms with Crippen LogP contribution in [0.1, 0.15) is 50.5 Å². The van der Waals surface area contributed by atoms with Gasteiger partial charge in [-0.1, -0.05) is 37.0 Å². The second-order valence-corrected chi connectivity index (χ2v) is 9.68. The van der Waals surface area contributed by atoms with E-state index in [1.165, 1.54) is 18.3 Å². The van der Waals surface area contributed by atoms with Crippen molar-refractivity contribution in [3.63, 3.8) is 0 Å². The van der Waals surface area contributed by atoms with Crippen LogP contribution in [0, 0.1) is 5.92 Å². The van der Waals surface area contributed by atoms with E-state index in [1.807, 2.05) is 34.6 Å². The molecule has 0 aromatic heterocycles. The SMILES string of the molecule is CCOc1cc(C=NNC(=O)C(NC(=O)c2ccc(Cl)cc2Cl)C(C)C)cc(Br)c1OC(C)C. The molecule has 0 aliphatic carbocycles. The lowest BCUT2D eigenvalue weighted by atomic mass is 10.0. The molecule has 1 unspecified atom stereocenters. The molecule has 0 saturated carbocycles. The van der Waals surface area contributed by atoms with Gasteiger partial charge in [0.05, 0.1) is 34.0 Å². The van der Waals surface area contributed by atoms with Crippen LogP contribution >= 0.6 is 39.1 Å². The number of hydrogen-bond acceptors (Lipinski definition) is 5. The normalized spacial score (nSPS) is 12.2. The summed E-state index contributed by atoms with van der Waals surface area (Å²) in [5.41, 5.74) is 3.40. The number of ether oxygens (including phenoxy) is 2. The van der Waals surface area contributed by atoms with Gasteiger partial charge in [0.2, 0.25) is 0 Å². The highest BCUT2D eigenvalue weighted by Gasteiger charge is 2.25. The zero-order valence-electron chi connectivity index (χ0n) is 19.6. The summed E-state index contributed by atoms with van der Waals surface area (Å²) in [6.07, 6.45) is 1.46. The largest absolute Gasteiger partial charge is 0.490 e. The summed E-state index contributed by atoms with van der Waals surface area (Å²) in [7, 11) is 0. The third-order valence-electron chi connectivity index (χ3n) is 4.49. The molecule has 7 nitrogen and oxygen atoms in total. The maximum atomic E-state index is 12.7. The molecule has 0 bridgehead atoms. The van der Waals surface area contributed by atoms with E-state index < -0.39 is 17.9 Å². The molecule has 0 aliphatic rings. The summed E-state index contributed by atoms with van der Waals surface area (Å²) >= 11 is 15.5. The molecule has 2 aromatic carbocycles. The first kappa shape index (κ1) is 28.0. The Labute approximate surface area is 218 Å². The zero-order chi connectivity index (χ0) is 25.4. The van der Waals surface area contributed by atoms with Crippen molar-refractivity contribution >= 4 is 57.2 Å². The van der Waals surface area contributed by atoms with Gasteiger partial charge in [0.1, 0.15) is 6.04 Å². The van der Waals surface area contributed by atoms with Crippen LogP contribution < -0.4 is 20.2 Å². The molecule has 184 valence electrons. The fraction of sp³-hybridized carbons (Fsp3) is 0.375. The van der Waals surface area contributed by atoms with Gasteiger partial charge in [-0.05, 0) is 78.5 Å². The highest BCUT2D eigenvalue weighted by atomic mass is 79.9. The van der Waals surface area contributed by atoms with E-state index in [2.05, 4.69) is 31.8 Å². The van der Waals surface area contributed by atoms with Gasteiger partial charge in [0.25, 0.3) is 11.8 Å².